The molecule has 0 bridgehead atoms. The van der Waals surface area contributed by atoms with Crippen LogP contribution in [0.25, 0.3) is 11.4 Å². The first-order valence-electron chi connectivity index (χ1n) is 16.6. The van der Waals surface area contributed by atoms with E-state index in [-0.39, 0.29) is 90.6 Å². The summed E-state index contributed by atoms with van der Waals surface area (Å²) < 4.78 is 54.1. The number of carboxylic acid groups (broad SMARTS) is 2. The fourth-order valence-electron chi connectivity index (χ4n) is 5.04. The van der Waals surface area contributed by atoms with Crippen LogP contribution in [0.1, 0.15) is 32.1 Å². The molecule has 0 amide bonds. The van der Waals surface area contributed by atoms with Crippen molar-refractivity contribution in [2.24, 2.45) is 20.5 Å². The standard InChI is InChI=1S/2C18H16N5O5S.Cr.Na/c2*1-11-16(17(24)23(22-11)12-6-4-3-5-7-12)21-20-15-9-8-13(29(27,28)19-2)10-14(15)18(25)26;;/h2*3-10,19H,1-2H3,(H,25,26);;/q2*-1;;+1. The second kappa shape index (κ2) is 20.6. The molecule has 0 saturated heterocycles. The van der Waals surface area contributed by atoms with Crippen molar-refractivity contribution in [2.75, 3.05) is 14.1 Å². The normalized spacial score (nSPS) is 11.4. The van der Waals surface area contributed by atoms with Crippen LogP contribution in [0.2, 0.25) is 0 Å². The molecule has 0 fully saturated rings. The van der Waals surface area contributed by atoms with Gasteiger partial charge < -0.3 is 30.0 Å². The number of rotatable bonds is 12. The number of para-hydroxylation sites is 2. The Bertz CT molecular complexity index is 2730. The smallest absolute Gasteiger partial charge is 0.478 e. The summed E-state index contributed by atoms with van der Waals surface area (Å²) in [6.45, 7) is 3.16. The molecular weight excluding hydrogens is 872 g/mol. The van der Waals surface area contributed by atoms with E-state index in [1.54, 1.807) is 74.5 Å². The van der Waals surface area contributed by atoms with E-state index in [1.165, 1.54) is 47.7 Å². The van der Waals surface area contributed by atoms with Crippen molar-refractivity contribution in [3.05, 3.63) is 140 Å². The van der Waals surface area contributed by atoms with Crippen LogP contribution in [-0.2, 0) is 37.4 Å². The summed E-state index contributed by atoms with van der Waals surface area (Å²) in [5.41, 5.74) is -0.317. The minimum absolute atomic E-state index is 0. The van der Waals surface area contributed by atoms with Crippen LogP contribution in [0.15, 0.2) is 137 Å². The number of aromatic nitrogens is 4. The van der Waals surface area contributed by atoms with Gasteiger partial charge in [0.1, 0.15) is 11.1 Å². The molecular formula is C36H32CrN10NaO10S2-. The van der Waals surface area contributed by atoms with Gasteiger partial charge in [0.15, 0.2) is 0 Å². The number of carboxylic acids is 2. The molecule has 2 aromatic heterocycles. The first kappa shape index (κ1) is 48.8. The summed E-state index contributed by atoms with van der Waals surface area (Å²) in [5, 5.41) is 42.6. The molecule has 0 radical (unpaired) electrons. The second-order valence-electron chi connectivity index (χ2n) is 11.8. The molecule has 306 valence electrons. The average Bonchev–Trinajstić information content (AvgIpc) is 3.67. The molecule has 0 aliphatic heterocycles. The molecule has 0 unspecified atom stereocenters. The molecule has 0 saturated carbocycles. The van der Waals surface area contributed by atoms with Gasteiger partial charge in [-0.15, -0.1) is 11.4 Å². The van der Waals surface area contributed by atoms with Crippen LogP contribution in [0.5, 0.6) is 0 Å². The van der Waals surface area contributed by atoms with E-state index in [2.05, 4.69) is 40.1 Å². The van der Waals surface area contributed by atoms with Crippen molar-refractivity contribution in [3.63, 3.8) is 0 Å². The van der Waals surface area contributed by atoms with Crippen LogP contribution < -0.4 is 50.1 Å². The number of aryl methyl sites for hydroxylation is 2. The molecule has 24 heteroatoms. The molecule has 0 aliphatic rings. The van der Waals surface area contributed by atoms with Crippen LogP contribution in [0.4, 0.5) is 22.7 Å². The van der Waals surface area contributed by atoms with E-state index in [4.69, 9.17) is 0 Å². The monoisotopic (exact) mass is 903 g/mol. The van der Waals surface area contributed by atoms with Crippen molar-refractivity contribution in [1.29, 1.82) is 0 Å². The molecule has 0 spiro atoms. The maximum atomic E-state index is 12.6. The molecule has 60 heavy (non-hydrogen) atoms. The Morgan fingerprint density at radius 1 is 0.617 bits per heavy atom. The van der Waals surface area contributed by atoms with Crippen LogP contribution in [0.3, 0.4) is 0 Å². The SMILES string of the molecule is CNS(=O)(=O)c1ccc(N=N[c-]2c(C)nn(-c3ccccc3)c2=O)c(C(=O)O)c1.CNS(=O)(=O)c1ccc(N=N[c-]2c(C)nn(-c3ccccc3)c2=O)c(C(=O)O)c1.[Cr].[Na+]. The third-order valence-electron chi connectivity index (χ3n) is 8.05. The second-order valence-corrected chi connectivity index (χ2v) is 15.5. The van der Waals surface area contributed by atoms with Crippen LogP contribution in [-0.4, -0.2) is 72.6 Å². The van der Waals surface area contributed by atoms with Crippen molar-refractivity contribution < 1.29 is 83.6 Å². The summed E-state index contributed by atoms with van der Waals surface area (Å²) in [6, 6.07) is 24.2. The van der Waals surface area contributed by atoms with Gasteiger partial charge >= 0.3 is 41.5 Å². The number of nitrogens with one attached hydrogen (secondary N) is 2. The van der Waals surface area contributed by atoms with E-state index in [9.17, 15) is 46.2 Å². The van der Waals surface area contributed by atoms with Gasteiger partial charge in [-0.25, -0.2) is 55.4 Å². The molecule has 4 aromatic carbocycles. The maximum absolute atomic E-state index is 12.6. The average molecular weight is 904 g/mol. The third-order valence-corrected chi connectivity index (χ3v) is 10.9. The van der Waals surface area contributed by atoms with Gasteiger partial charge in [0.25, 0.3) is 0 Å². The Morgan fingerprint density at radius 3 is 1.25 bits per heavy atom. The molecule has 0 atom stereocenters. The van der Waals surface area contributed by atoms with Crippen LogP contribution >= 0.6 is 0 Å². The fraction of sp³-hybridized carbons (Fsp3) is 0.111. The summed E-state index contributed by atoms with van der Waals surface area (Å²) in [5.74, 6) is -2.77. The summed E-state index contributed by atoms with van der Waals surface area (Å²) in [7, 11) is -5.23. The summed E-state index contributed by atoms with van der Waals surface area (Å²) in [4.78, 5) is 47.8. The maximum Gasteiger partial charge on any atom is 1.00 e. The Hall–Kier alpha value is -5.61. The fourth-order valence-corrected chi connectivity index (χ4v) is 6.55. The van der Waals surface area contributed by atoms with Crippen molar-refractivity contribution >= 4 is 54.7 Å². The first-order chi connectivity index (χ1) is 27.5. The van der Waals surface area contributed by atoms with Crippen molar-refractivity contribution in [1.82, 2.24) is 29.0 Å². The topological polar surface area (TPSA) is 286 Å². The van der Waals surface area contributed by atoms with Gasteiger partial charge in [0, 0.05) is 17.4 Å². The molecule has 0 aliphatic carbocycles. The van der Waals surface area contributed by atoms with E-state index >= 15 is 0 Å². The molecule has 6 aromatic rings. The largest absolute Gasteiger partial charge is 1.00 e. The Kier molecular flexibility index (Phi) is 16.7. The molecule has 6 rings (SSSR count). The molecule has 2 heterocycles. The minimum atomic E-state index is -3.83. The number of aromatic carboxylic acids is 2. The Balaban J connectivity index is 0.000000310. The predicted octanol–water partition coefficient (Wildman–Crippen LogP) is 1.56. The van der Waals surface area contributed by atoms with E-state index in [1.807, 2.05) is 0 Å². The van der Waals surface area contributed by atoms with Gasteiger partial charge in [-0.1, -0.05) is 61.6 Å². The zero-order chi connectivity index (χ0) is 42.4. The van der Waals surface area contributed by atoms with Gasteiger partial charge in [-0.3, -0.25) is 0 Å². The number of hydrogen-bond acceptors (Lipinski definition) is 14. The van der Waals surface area contributed by atoms with Gasteiger partial charge in [-0.05, 0) is 74.8 Å². The number of hydrogen-bond donors (Lipinski definition) is 4. The van der Waals surface area contributed by atoms with E-state index < -0.39 is 43.1 Å². The number of sulfonamides is 2. The first-order valence-corrected chi connectivity index (χ1v) is 19.5. The number of carbonyl (C=O) groups is 2. The van der Waals surface area contributed by atoms with Gasteiger partial charge in [0.05, 0.1) is 43.7 Å². The van der Waals surface area contributed by atoms with Gasteiger partial charge in [-0.2, -0.15) is 10.2 Å². The molecule has 20 nitrogen and oxygen atoms in total. The zero-order valence-corrected chi connectivity index (χ0v) is 37.1. The number of nitrogens with zero attached hydrogens (tertiary/aromatic N) is 8. The number of azo groups is 2. The number of benzene rings is 4. The zero-order valence-electron chi connectivity index (χ0n) is 32.2. The molecule has 4 N–H and O–H groups in total. The van der Waals surface area contributed by atoms with Gasteiger partial charge in [0.2, 0.25) is 20.0 Å². The summed E-state index contributed by atoms with van der Waals surface area (Å²) in [6.07, 6.45) is 0. The quantitative estimate of drug-likeness (QED) is 0.0774. The van der Waals surface area contributed by atoms with E-state index in [0.717, 1.165) is 12.1 Å². The summed E-state index contributed by atoms with van der Waals surface area (Å²) >= 11 is 0. The predicted molar refractivity (Wildman–Crippen MR) is 208 cm³/mol. The van der Waals surface area contributed by atoms with E-state index in [0.29, 0.717) is 22.8 Å². The minimum Gasteiger partial charge on any atom is -0.478 e. The van der Waals surface area contributed by atoms with Crippen molar-refractivity contribution in [2.45, 2.75) is 23.6 Å². The Labute approximate surface area is 374 Å². The third kappa shape index (κ3) is 11.0. The Morgan fingerprint density at radius 2 is 0.950 bits per heavy atom. The van der Waals surface area contributed by atoms with Crippen LogP contribution in [0, 0.1) is 13.8 Å². The van der Waals surface area contributed by atoms with Crippen molar-refractivity contribution in [3.8, 4) is 11.4 Å².